The average molecular weight is 174 g/mol. The Morgan fingerprint density at radius 2 is 1.82 bits per heavy atom. The maximum atomic E-state index is 5.42. The first-order valence-corrected chi connectivity index (χ1v) is 6.98. The summed E-state index contributed by atoms with van der Waals surface area (Å²) in [6, 6.07) is 2.68. The third kappa shape index (κ3) is 6.57. The van der Waals surface area contributed by atoms with E-state index in [0.29, 0.717) is 0 Å². The first-order valence-electron chi connectivity index (χ1n) is 4.87. The van der Waals surface area contributed by atoms with E-state index >= 15 is 0 Å². The summed E-state index contributed by atoms with van der Waals surface area (Å²) in [5.74, 6) is 0. The van der Waals surface area contributed by atoms with Crippen LogP contribution in [0.5, 0.6) is 0 Å². The Bertz CT molecular complexity index is 72.0. The lowest BCUT2D eigenvalue weighted by Crippen LogP contribution is -2.13. The maximum Gasteiger partial charge on any atom is 0.176 e. The standard InChI is InChI=1S/C9H22OSi/c1-4-6-7-8-9-11(5-2)10-3/h11H,4-9H2,1-3H3. The topological polar surface area (TPSA) is 9.23 Å². The van der Waals surface area contributed by atoms with E-state index in [2.05, 4.69) is 13.8 Å². The van der Waals surface area contributed by atoms with Crippen molar-refractivity contribution >= 4 is 9.04 Å². The molecule has 0 heterocycles. The largest absolute Gasteiger partial charge is 0.423 e. The quantitative estimate of drug-likeness (QED) is 0.426. The molecule has 0 amide bonds. The molecule has 0 N–H and O–H groups in total. The Balaban J connectivity index is 3.07. The van der Waals surface area contributed by atoms with Gasteiger partial charge < -0.3 is 4.43 Å². The lowest BCUT2D eigenvalue weighted by atomic mass is 10.2. The summed E-state index contributed by atoms with van der Waals surface area (Å²) in [5, 5.41) is 0. The van der Waals surface area contributed by atoms with E-state index < -0.39 is 9.04 Å². The molecule has 1 nitrogen and oxygen atoms in total. The molecule has 0 saturated carbocycles. The Morgan fingerprint density at radius 3 is 2.27 bits per heavy atom. The molecule has 1 unspecified atom stereocenters. The van der Waals surface area contributed by atoms with Crippen LogP contribution in [0, 0.1) is 0 Å². The fraction of sp³-hybridized carbons (Fsp3) is 1.00. The number of unbranched alkanes of at least 4 members (excludes halogenated alkanes) is 3. The summed E-state index contributed by atoms with van der Waals surface area (Å²) in [6.45, 7) is 4.51. The second-order valence-corrected chi connectivity index (χ2v) is 6.22. The van der Waals surface area contributed by atoms with Crippen molar-refractivity contribution in [2.24, 2.45) is 0 Å². The van der Waals surface area contributed by atoms with Gasteiger partial charge in [0.05, 0.1) is 0 Å². The van der Waals surface area contributed by atoms with Crippen LogP contribution >= 0.6 is 0 Å². The van der Waals surface area contributed by atoms with Crippen molar-refractivity contribution in [3.8, 4) is 0 Å². The minimum atomic E-state index is -0.735. The van der Waals surface area contributed by atoms with E-state index in [0.717, 1.165) is 0 Å². The summed E-state index contributed by atoms with van der Waals surface area (Å²) in [6.07, 6.45) is 5.54. The molecular formula is C9H22OSi. The Hall–Kier alpha value is 0.177. The Kier molecular flexibility index (Phi) is 8.41. The van der Waals surface area contributed by atoms with Crippen molar-refractivity contribution in [3.05, 3.63) is 0 Å². The highest BCUT2D eigenvalue weighted by atomic mass is 28.3. The Morgan fingerprint density at radius 1 is 1.09 bits per heavy atom. The predicted octanol–water partition coefficient (Wildman–Crippen LogP) is 2.96. The molecule has 0 fully saturated rings. The molecule has 0 radical (unpaired) electrons. The highest BCUT2D eigenvalue weighted by molar-refractivity contribution is 6.51. The van der Waals surface area contributed by atoms with Gasteiger partial charge in [0.15, 0.2) is 9.04 Å². The van der Waals surface area contributed by atoms with Crippen LogP contribution in [0.4, 0.5) is 0 Å². The van der Waals surface area contributed by atoms with Crippen molar-refractivity contribution in [1.29, 1.82) is 0 Å². The molecule has 0 aliphatic heterocycles. The van der Waals surface area contributed by atoms with E-state index in [-0.39, 0.29) is 0 Å². The lowest BCUT2D eigenvalue weighted by molar-refractivity contribution is 0.416. The molecule has 0 aliphatic carbocycles. The smallest absolute Gasteiger partial charge is 0.176 e. The lowest BCUT2D eigenvalue weighted by Gasteiger charge is -2.09. The summed E-state index contributed by atoms with van der Waals surface area (Å²) in [4.78, 5) is 0. The van der Waals surface area contributed by atoms with Crippen molar-refractivity contribution in [3.63, 3.8) is 0 Å². The summed E-state index contributed by atoms with van der Waals surface area (Å²) >= 11 is 0. The molecule has 1 atom stereocenters. The van der Waals surface area contributed by atoms with Crippen LogP contribution in [-0.2, 0) is 4.43 Å². The molecule has 0 saturated heterocycles. The highest BCUT2D eigenvalue weighted by Crippen LogP contribution is 2.08. The first kappa shape index (κ1) is 11.2. The van der Waals surface area contributed by atoms with Gasteiger partial charge in [0, 0.05) is 7.11 Å². The van der Waals surface area contributed by atoms with Gasteiger partial charge in [-0.25, -0.2) is 0 Å². The van der Waals surface area contributed by atoms with Crippen LogP contribution in [0.1, 0.15) is 39.5 Å². The molecule has 0 aliphatic rings. The van der Waals surface area contributed by atoms with Crippen LogP contribution < -0.4 is 0 Å². The molecule has 2 heteroatoms. The second-order valence-electron chi connectivity index (χ2n) is 3.12. The molecule has 0 bridgehead atoms. The third-order valence-corrected chi connectivity index (χ3v) is 4.80. The zero-order chi connectivity index (χ0) is 8.53. The van der Waals surface area contributed by atoms with Crippen molar-refractivity contribution in [2.75, 3.05) is 7.11 Å². The zero-order valence-corrected chi connectivity index (χ0v) is 9.38. The van der Waals surface area contributed by atoms with E-state index in [1.54, 1.807) is 0 Å². The van der Waals surface area contributed by atoms with Gasteiger partial charge in [-0.15, -0.1) is 0 Å². The molecular weight excluding hydrogens is 152 g/mol. The normalized spacial score (nSPS) is 13.4. The van der Waals surface area contributed by atoms with E-state index in [1.165, 1.54) is 37.8 Å². The van der Waals surface area contributed by atoms with Gasteiger partial charge in [0.2, 0.25) is 0 Å². The SMILES string of the molecule is CCCCCC[SiH](CC)OC. The molecule has 0 aromatic rings. The molecule has 0 aromatic carbocycles. The van der Waals surface area contributed by atoms with Crippen LogP contribution in [0.2, 0.25) is 12.1 Å². The van der Waals surface area contributed by atoms with Gasteiger partial charge in [0.1, 0.15) is 0 Å². The number of hydrogen-bond acceptors (Lipinski definition) is 1. The molecule has 0 spiro atoms. The van der Waals surface area contributed by atoms with Crippen molar-refractivity contribution in [1.82, 2.24) is 0 Å². The van der Waals surface area contributed by atoms with E-state index in [9.17, 15) is 0 Å². The predicted molar refractivity (Wildman–Crippen MR) is 53.6 cm³/mol. The summed E-state index contributed by atoms with van der Waals surface area (Å²) < 4.78 is 5.42. The van der Waals surface area contributed by atoms with Gasteiger partial charge in [-0.3, -0.25) is 0 Å². The summed E-state index contributed by atoms with van der Waals surface area (Å²) in [7, 11) is 1.14. The molecule has 0 rings (SSSR count). The van der Waals surface area contributed by atoms with Gasteiger partial charge in [0.25, 0.3) is 0 Å². The van der Waals surface area contributed by atoms with Gasteiger partial charge in [-0.05, 0) is 12.1 Å². The van der Waals surface area contributed by atoms with Gasteiger partial charge in [-0.1, -0.05) is 39.5 Å². The second kappa shape index (κ2) is 8.28. The van der Waals surface area contributed by atoms with Crippen LogP contribution in [0.3, 0.4) is 0 Å². The minimum absolute atomic E-state index is 0.735. The van der Waals surface area contributed by atoms with Crippen LogP contribution in [0.15, 0.2) is 0 Å². The number of rotatable bonds is 7. The average Bonchev–Trinajstić information content (AvgIpc) is 2.05. The maximum absolute atomic E-state index is 5.42. The number of hydrogen-bond donors (Lipinski definition) is 0. The fourth-order valence-corrected chi connectivity index (χ4v) is 3.01. The third-order valence-electron chi connectivity index (χ3n) is 2.17. The monoisotopic (exact) mass is 174 g/mol. The van der Waals surface area contributed by atoms with Gasteiger partial charge in [-0.2, -0.15) is 0 Å². The zero-order valence-electron chi connectivity index (χ0n) is 8.23. The highest BCUT2D eigenvalue weighted by Gasteiger charge is 2.05. The molecule has 11 heavy (non-hydrogen) atoms. The van der Waals surface area contributed by atoms with E-state index in [1.807, 2.05) is 7.11 Å². The Labute approximate surface area is 72.9 Å². The first-order chi connectivity index (χ1) is 5.35. The van der Waals surface area contributed by atoms with Crippen molar-refractivity contribution < 1.29 is 4.43 Å². The van der Waals surface area contributed by atoms with Gasteiger partial charge >= 0.3 is 0 Å². The summed E-state index contributed by atoms with van der Waals surface area (Å²) in [5.41, 5.74) is 0. The van der Waals surface area contributed by atoms with Crippen molar-refractivity contribution in [2.45, 2.75) is 51.6 Å². The molecule has 68 valence electrons. The minimum Gasteiger partial charge on any atom is -0.423 e. The van der Waals surface area contributed by atoms with Crippen LogP contribution in [0.25, 0.3) is 0 Å². The van der Waals surface area contributed by atoms with E-state index in [4.69, 9.17) is 4.43 Å². The fourth-order valence-electron chi connectivity index (χ4n) is 1.29. The van der Waals surface area contributed by atoms with Crippen LogP contribution in [-0.4, -0.2) is 16.2 Å². The molecule has 0 aromatic heterocycles.